The molecule has 0 spiro atoms. The predicted octanol–water partition coefficient (Wildman–Crippen LogP) is 4.05. The van der Waals surface area contributed by atoms with E-state index in [1.54, 1.807) is 29.1 Å². The van der Waals surface area contributed by atoms with E-state index in [9.17, 15) is 4.79 Å². The van der Waals surface area contributed by atoms with Gasteiger partial charge in [0.05, 0.1) is 15.6 Å². The Morgan fingerprint density at radius 2 is 2.15 bits per heavy atom. The van der Waals surface area contributed by atoms with Crippen LogP contribution in [0.4, 0.5) is 5.69 Å². The average molecular weight is 411 g/mol. The van der Waals surface area contributed by atoms with Gasteiger partial charge in [0.2, 0.25) is 0 Å². The van der Waals surface area contributed by atoms with E-state index in [1.807, 2.05) is 19.2 Å². The van der Waals surface area contributed by atoms with Crippen molar-refractivity contribution in [2.45, 2.75) is 0 Å². The Kier molecular flexibility index (Phi) is 5.83. The summed E-state index contributed by atoms with van der Waals surface area (Å²) in [4.78, 5) is 12.5. The molecule has 3 N–H and O–H groups in total. The molecule has 0 aliphatic heterocycles. The van der Waals surface area contributed by atoms with Crippen LogP contribution < -0.4 is 15.8 Å². The van der Waals surface area contributed by atoms with Crippen molar-refractivity contribution in [1.82, 2.24) is 9.78 Å². The molecular weight excluding hydrogens is 395 g/mol. The molecule has 2 heterocycles. The monoisotopic (exact) mass is 410 g/mol. The molecule has 0 atom stereocenters. The number of nitrogens with one attached hydrogen (secondary N) is 1. The highest BCUT2D eigenvalue weighted by Gasteiger charge is 2.16. The van der Waals surface area contributed by atoms with Crippen molar-refractivity contribution in [3.63, 3.8) is 0 Å². The van der Waals surface area contributed by atoms with Gasteiger partial charge >= 0.3 is 0 Å². The molecule has 0 unspecified atom stereocenters. The summed E-state index contributed by atoms with van der Waals surface area (Å²) in [5.41, 5.74) is 8.12. The van der Waals surface area contributed by atoms with Gasteiger partial charge in [-0.15, -0.1) is 11.3 Å². The minimum Gasteiger partial charge on any atom is -0.492 e. The van der Waals surface area contributed by atoms with Crippen LogP contribution in [0.1, 0.15) is 10.4 Å². The molecule has 9 heteroatoms. The van der Waals surface area contributed by atoms with E-state index in [0.717, 1.165) is 22.6 Å². The summed E-state index contributed by atoms with van der Waals surface area (Å²) in [6, 6.07) is 8.78. The number of hydrogen-bond acceptors (Lipinski definition) is 5. The van der Waals surface area contributed by atoms with E-state index in [0.29, 0.717) is 38.8 Å². The normalized spacial score (nSPS) is 10.8. The molecule has 0 saturated heterocycles. The van der Waals surface area contributed by atoms with Gasteiger partial charge in [-0.1, -0.05) is 23.2 Å². The van der Waals surface area contributed by atoms with Crippen molar-refractivity contribution in [1.29, 1.82) is 0 Å². The first kappa shape index (κ1) is 18.7. The Labute approximate surface area is 164 Å². The van der Waals surface area contributed by atoms with Gasteiger partial charge in [-0.25, -0.2) is 0 Å². The van der Waals surface area contributed by atoms with Crippen molar-refractivity contribution >= 4 is 46.1 Å². The lowest BCUT2D eigenvalue weighted by Gasteiger charge is -2.13. The zero-order chi connectivity index (χ0) is 18.7. The third kappa shape index (κ3) is 4.02. The Balaban J connectivity index is 1.92. The third-order valence-corrected chi connectivity index (χ3v) is 5.10. The number of anilines is 1. The molecular formula is C17H16Cl2N4O2S. The molecule has 26 heavy (non-hydrogen) atoms. The van der Waals surface area contributed by atoms with Crippen LogP contribution >= 0.6 is 34.5 Å². The number of amides is 1. The van der Waals surface area contributed by atoms with Gasteiger partial charge in [-0.3, -0.25) is 9.48 Å². The maximum atomic E-state index is 12.5. The second-order valence-electron chi connectivity index (χ2n) is 5.38. The number of benzene rings is 1. The topological polar surface area (TPSA) is 82.2 Å². The zero-order valence-electron chi connectivity index (χ0n) is 13.8. The molecule has 3 rings (SSSR count). The highest BCUT2D eigenvalue weighted by atomic mass is 35.5. The summed E-state index contributed by atoms with van der Waals surface area (Å²) in [7, 11) is 1.83. The van der Waals surface area contributed by atoms with E-state index in [-0.39, 0.29) is 5.91 Å². The highest BCUT2D eigenvalue weighted by molar-refractivity contribution is 7.20. The summed E-state index contributed by atoms with van der Waals surface area (Å²) in [5, 5.41) is 7.02. The van der Waals surface area contributed by atoms with Crippen LogP contribution in [0.5, 0.6) is 5.75 Å². The van der Waals surface area contributed by atoms with Gasteiger partial charge in [-0.2, -0.15) is 5.10 Å². The quantitative estimate of drug-likeness (QED) is 0.641. The van der Waals surface area contributed by atoms with Gasteiger partial charge < -0.3 is 15.8 Å². The highest BCUT2D eigenvalue weighted by Crippen LogP contribution is 2.34. The van der Waals surface area contributed by atoms with Crippen LogP contribution in [0.3, 0.4) is 0 Å². The van der Waals surface area contributed by atoms with Crippen LogP contribution in [-0.4, -0.2) is 28.8 Å². The molecule has 1 amide bonds. The summed E-state index contributed by atoms with van der Waals surface area (Å²) in [6.45, 7) is 0.792. The van der Waals surface area contributed by atoms with E-state index in [2.05, 4.69) is 10.4 Å². The number of halogens is 2. The maximum Gasteiger partial charge on any atom is 0.258 e. The molecule has 0 aliphatic rings. The zero-order valence-corrected chi connectivity index (χ0v) is 16.2. The SMILES string of the molecule is Cn1nccc1-c1cc(NC(=O)c2cc(Cl)sc2Cl)ccc1OCCN. The molecule has 0 bridgehead atoms. The van der Waals surface area contributed by atoms with Crippen molar-refractivity contribution in [2.75, 3.05) is 18.5 Å². The van der Waals surface area contributed by atoms with E-state index >= 15 is 0 Å². The number of rotatable bonds is 6. The number of carbonyl (C=O) groups is 1. The molecule has 2 aromatic heterocycles. The fraction of sp³-hybridized carbons (Fsp3) is 0.176. The molecule has 6 nitrogen and oxygen atoms in total. The predicted molar refractivity (Wildman–Crippen MR) is 105 cm³/mol. The lowest BCUT2D eigenvalue weighted by Crippen LogP contribution is -2.13. The van der Waals surface area contributed by atoms with Gasteiger partial charge in [-0.05, 0) is 30.3 Å². The molecule has 3 aromatic rings. The van der Waals surface area contributed by atoms with Crippen LogP contribution in [0.15, 0.2) is 36.5 Å². The summed E-state index contributed by atoms with van der Waals surface area (Å²) in [6.07, 6.45) is 1.69. The number of thiophene rings is 1. The van der Waals surface area contributed by atoms with Crippen molar-refractivity contribution < 1.29 is 9.53 Å². The molecule has 0 aliphatic carbocycles. The van der Waals surface area contributed by atoms with Crippen LogP contribution in [-0.2, 0) is 7.05 Å². The first-order chi connectivity index (χ1) is 12.5. The Hall–Kier alpha value is -2.06. The molecule has 136 valence electrons. The van der Waals surface area contributed by atoms with Crippen molar-refractivity contribution in [3.05, 3.63) is 50.8 Å². The molecule has 0 saturated carbocycles. The van der Waals surface area contributed by atoms with Gasteiger partial charge in [0.15, 0.2) is 0 Å². The minimum absolute atomic E-state index is 0.329. The molecule has 0 fully saturated rings. The maximum absolute atomic E-state index is 12.5. The van der Waals surface area contributed by atoms with Crippen molar-refractivity contribution in [3.8, 4) is 17.0 Å². The summed E-state index contributed by atoms with van der Waals surface area (Å²) < 4.78 is 8.25. The minimum atomic E-state index is -0.329. The lowest BCUT2D eigenvalue weighted by molar-refractivity contribution is 0.102. The van der Waals surface area contributed by atoms with Gasteiger partial charge in [0.1, 0.15) is 16.7 Å². The van der Waals surface area contributed by atoms with Crippen molar-refractivity contribution in [2.24, 2.45) is 12.8 Å². The number of aromatic nitrogens is 2. The second kappa shape index (κ2) is 8.09. The fourth-order valence-electron chi connectivity index (χ4n) is 2.43. The van der Waals surface area contributed by atoms with E-state index < -0.39 is 0 Å². The largest absolute Gasteiger partial charge is 0.492 e. The molecule has 0 radical (unpaired) electrons. The Morgan fingerprint density at radius 3 is 2.77 bits per heavy atom. The lowest BCUT2D eigenvalue weighted by atomic mass is 10.1. The molecule has 1 aromatic carbocycles. The van der Waals surface area contributed by atoms with Crippen LogP contribution in [0.25, 0.3) is 11.3 Å². The van der Waals surface area contributed by atoms with E-state index in [4.69, 9.17) is 33.7 Å². The summed E-state index contributed by atoms with van der Waals surface area (Å²) >= 11 is 13.1. The smallest absolute Gasteiger partial charge is 0.258 e. The van der Waals surface area contributed by atoms with Gasteiger partial charge in [0, 0.05) is 31.0 Å². The number of aryl methyl sites for hydroxylation is 1. The number of hydrogen-bond donors (Lipinski definition) is 2. The number of nitrogens with two attached hydrogens (primary N) is 1. The van der Waals surface area contributed by atoms with E-state index in [1.165, 1.54) is 0 Å². The third-order valence-electron chi connectivity index (χ3n) is 3.61. The number of ether oxygens (including phenoxy) is 1. The first-order valence-corrected chi connectivity index (χ1v) is 9.28. The fourth-order valence-corrected chi connectivity index (χ4v) is 3.89. The Bertz CT molecular complexity index is 939. The van der Waals surface area contributed by atoms with Gasteiger partial charge in [0.25, 0.3) is 5.91 Å². The Morgan fingerprint density at radius 1 is 1.35 bits per heavy atom. The van der Waals surface area contributed by atoms with Crippen LogP contribution in [0, 0.1) is 0 Å². The average Bonchev–Trinajstić information content (AvgIpc) is 3.18. The first-order valence-electron chi connectivity index (χ1n) is 7.71. The standard InChI is InChI=1S/C17H16Cl2N4O2S/c1-23-13(4-6-21-23)11-8-10(2-3-14(11)25-7-5-20)22-17(24)12-9-15(18)26-16(12)19/h2-4,6,8-9H,5,7,20H2,1H3,(H,22,24). The number of carbonyl (C=O) groups excluding carboxylic acids is 1. The summed E-state index contributed by atoms with van der Waals surface area (Å²) in [5.74, 6) is 0.332. The second-order valence-corrected chi connectivity index (χ2v) is 7.67. The van der Waals surface area contributed by atoms with Crippen LogP contribution in [0.2, 0.25) is 8.67 Å². The number of nitrogens with zero attached hydrogens (tertiary/aromatic N) is 2.